The molecule has 19 heavy (non-hydrogen) atoms. The van der Waals surface area contributed by atoms with Gasteiger partial charge in [-0.15, -0.1) is 0 Å². The van der Waals surface area contributed by atoms with E-state index in [0.29, 0.717) is 29.2 Å². The fourth-order valence-electron chi connectivity index (χ4n) is 2.04. The van der Waals surface area contributed by atoms with Crippen LogP contribution in [0, 0.1) is 0 Å². The molecule has 1 aliphatic carbocycles. The van der Waals surface area contributed by atoms with Crippen LogP contribution in [0.4, 0.5) is 5.82 Å². The molecular weight excluding hydrogens is 312 g/mol. The first-order valence-electron chi connectivity index (χ1n) is 6.26. The van der Waals surface area contributed by atoms with Gasteiger partial charge in [-0.25, -0.2) is 9.97 Å². The molecule has 1 aromatic heterocycles. The number of aromatic nitrogens is 2. The number of nitrogens with one attached hydrogen (secondary N) is 2. The standard InChI is InChI=1S/C12H13BrN4O2/c13-8-5-9(16-11(15-8)6-1-2-6)14-7-3-4-10(18)17-12(7)19/h5-7H,1-4H2,(H,14,15,16)(H,17,18,19). The summed E-state index contributed by atoms with van der Waals surface area (Å²) in [5.41, 5.74) is 0. The molecule has 3 rings (SSSR count). The molecule has 1 aliphatic heterocycles. The molecule has 2 aliphatic rings. The van der Waals surface area contributed by atoms with Crippen LogP contribution in [-0.2, 0) is 9.59 Å². The zero-order chi connectivity index (χ0) is 13.4. The van der Waals surface area contributed by atoms with Crippen molar-refractivity contribution in [3.63, 3.8) is 0 Å². The minimum atomic E-state index is -0.411. The first-order valence-corrected chi connectivity index (χ1v) is 7.06. The number of carbonyl (C=O) groups is 2. The topological polar surface area (TPSA) is 84.0 Å². The predicted octanol–water partition coefficient (Wildman–Crippen LogP) is 1.33. The van der Waals surface area contributed by atoms with E-state index in [1.54, 1.807) is 6.07 Å². The lowest BCUT2D eigenvalue weighted by Gasteiger charge is -2.22. The number of halogens is 1. The molecule has 100 valence electrons. The third kappa shape index (κ3) is 2.91. The van der Waals surface area contributed by atoms with E-state index in [4.69, 9.17) is 0 Å². The van der Waals surface area contributed by atoms with Crippen LogP contribution in [0.15, 0.2) is 10.7 Å². The number of nitrogens with zero attached hydrogens (tertiary/aromatic N) is 2. The molecule has 2 heterocycles. The van der Waals surface area contributed by atoms with Gasteiger partial charge in [-0.3, -0.25) is 14.9 Å². The van der Waals surface area contributed by atoms with E-state index in [2.05, 4.69) is 36.5 Å². The first-order chi connectivity index (χ1) is 9.11. The van der Waals surface area contributed by atoms with E-state index in [-0.39, 0.29) is 11.8 Å². The number of carbonyl (C=O) groups excluding carboxylic acids is 2. The number of imide groups is 1. The minimum absolute atomic E-state index is 0.217. The van der Waals surface area contributed by atoms with Crippen molar-refractivity contribution in [3.05, 3.63) is 16.5 Å². The normalized spacial score (nSPS) is 23.1. The van der Waals surface area contributed by atoms with Gasteiger partial charge in [0.1, 0.15) is 22.3 Å². The number of piperidine rings is 1. The van der Waals surface area contributed by atoms with Gasteiger partial charge in [0.2, 0.25) is 11.8 Å². The zero-order valence-corrected chi connectivity index (χ0v) is 11.7. The Balaban J connectivity index is 1.75. The van der Waals surface area contributed by atoms with E-state index in [1.807, 2.05) is 0 Å². The van der Waals surface area contributed by atoms with Crippen molar-refractivity contribution in [2.75, 3.05) is 5.32 Å². The molecule has 1 saturated heterocycles. The number of hydrogen-bond donors (Lipinski definition) is 2. The summed E-state index contributed by atoms with van der Waals surface area (Å²) in [6.45, 7) is 0. The Labute approximate surface area is 118 Å². The van der Waals surface area contributed by atoms with Crippen molar-refractivity contribution in [2.45, 2.75) is 37.6 Å². The van der Waals surface area contributed by atoms with Crippen molar-refractivity contribution < 1.29 is 9.59 Å². The first kappa shape index (κ1) is 12.5. The average molecular weight is 325 g/mol. The summed E-state index contributed by atoms with van der Waals surface area (Å²) in [4.78, 5) is 31.5. The molecule has 0 spiro atoms. The van der Waals surface area contributed by atoms with Gasteiger partial charge in [0.05, 0.1) is 0 Å². The summed E-state index contributed by atoms with van der Waals surface area (Å²) < 4.78 is 0.708. The second-order valence-electron chi connectivity index (χ2n) is 4.86. The predicted molar refractivity (Wildman–Crippen MR) is 71.5 cm³/mol. The van der Waals surface area contributed by atoms with E-state index in [1.165, 1.54) is 0 Å². The van der Waals surface area contributed by atoms with E-state index in [9.17, 15) is 9.59 Å². The lowest BCUT2D eigenvalue weighted by atomic mass is 10.1. The lowest BCUT2D eigenvalue weighted by Crippen LogP contribution is -2.47. The van der Waals surface area contributed by atoms with Crippen molar-refractivity contribution in [1.82, 2.24) is 15.3 Å². The molecule has 1 unspecified atom stereocenters. The van der Waals surface area contributed by atoms with Crippen LogP contribution in [0.5, 0.6) is 0 Å². The Kier molecular flexibility index (Phi) is 3.22. The highest BCUT2D eigenvalue weighted by Gasteiger charge is 2.29. The zero-order valence-electron chi connectivity index (χ0n) is 10.1. The van der Waals surface area contributed by atoms with Gasteiger partial charge in [-0.1, -0.05) is 0 Å². The van der Waals surface area contributed by atoms with Gasteiger partial charge in [0, 0.05) is 18.4 Å². The maximum atomic E-state index is 11.7. The second kappa shape index (κ2) is 4.88. The molecule has 6 nitrogen and oxygen atoms in total. The molecule has 0 radical (unpaired) electrons. The van der Waals surface area contributed by atoms with Crippen LogP contribution in [0.3, 0.4) is 0 Å². The van der Waals surface area contributed by atoms with E-state index in [0.717, 1.165) is 18.7 Å². The Morgan fingerprint density at radius 1 is 1.26 bits per heavy atom. The van der Waals surface area contributed by atoms with Crippen molar-refractivity contribution in [2.24, 2.45) is 0 Å². The third-order valence-corrected chi connectivity index (χ3v) is 3.62. The molecule has 1 saturated carbocycles. The van der Waals surface area contributed by atoms with Crippen LogP contribution in [-0.4, -0.2) is 27.8 Å². The number of hydrogen-bond acceptors (Lipinski definition) is 5. The fraction of sp³-hybridized carbons (Fsp3) is 0.500. The van der Waals surface area contributed by atoms with Gasteiger partial charge in [-0.2, -0.15) is 0 Å². The molecule has 0 bridgehead atoms. The van der Waals surface area contributed by atoms with Crippen LogP contribution >= 0.6 is 15.9 Å². The summed E-state index contributed by atoms with van der Waals surface area (Å²) in [6.07, 6.45) is 3.08. The van der Waals surface area contributed by atoms with Crippen LogP contribution < -0.4 is 10.6 Å². The molecule has 2 fully saturated rings. The number of amides is 2. The maximum absolute atomic E-state index is 11.7. The maximum Gasteiger partial charge on any atom is 0.249 e. The summed E-state index contributed by atoms with van der Waals surface area (Å²) in [5.74, 6) is 1.37. The Bertz CT molecular complexity index is 545. The molecule has 7 heteroatoms. The van der Waals surface area contributed by atoms with Crippen molar-refractivity contribution in [3.8, 4) is 0 Å². The molecule has 0 aromatic carbocycles. The summed E-state index contributed by atoms with van der Waals surface area (Å²) in [6, 6.07) is 1.34. The smallest absolute Gasteiger partial charge is 0.249 e. The highest BCUT2D eigenvalue weighted by molar-refractivity contribution is 9.10. The quantitative estimate of drug-likeness (QED) is 0.647. The summed E-state index contributed by atoms with van der Waals surface area (Å²) >= 11 is 3.35. The molecule has 1 aromatic rings. The molecule has 1 atom stereocenters. The number of anilines is 1. The van der Waals surface area contributed by atoms with Gasteiger partial charge >= 0.3 is 0 Å². The van der Waals surface area contributed by atoms with Crippen LogP contribution in [0.1, 0.15) is 37.4 Å². The highest BCUT2D eigenvalue weighted by Crippen LogP contribution is 2.38. The van der Waals surface area contributed by atoms with E-state index < -0.39 is 6.04 Å². The second-order valence-corrected chi connectivity index (χ2v) is 5.67. The Morgan fingerprint density at radius 2 is 2.05 bits per heavy atom. The van der Waals surface area contributed by atoms with E-state index >= 15 is 0 Å². The molecule has 2 N–H and O–H groups in total. The lowest BCUT2D eigenvalue weighted by molar-refractivity contribution is -0.133. The van der Waals surface area contributed by atoms with Crippen LogP contribution in [0.2, 0.25) is 0 Å². The third-order valence-electron chi connectivity index (χ3n) is 3.22. The van der Waals surface area contributed by atoms with Gasteiger partial charge < -0.3 is 5.32 Å². The molecule has 2 amide bonds. The van der Waals surface area contributed by atoms with Crippen molar-refractivity contribution >= 4 is 33.6 Å². The minimum Gasteiger partial charge on any atom is -0.358 e. The Morgan fingerprint density at radius 3 is 2.74 bits per heavy atom. The molecular formula is C12H13BrN4O2. The SMILES string of the molecule is O=C1CCC(Nc2cc(Br)nc(C3CC3)n2)C(=O)N1. The fourth-order valence-corrected chi connectivity index (χ4v) is 2.44. The average Bonchev–Trinajstić information content (AvgIpc) is 3.16. The monoisotopic (exact) mass is 324 g/mol. The van der Waals surface area contributed by atoms with Crippen molar-refractivity contribution in [1.29, 1.82) is 0 Å². The van der Waals surface area contributed by atoms with Gasteiger partial charge in [0.15, 0.2) is 0 Å². The van der Waals surface area contributed by atoms with Crippen LogP contribution in [0.25, 0.3) is 0 Å². The summed E-state index contributed by atoms with van der Waals surface area (Å²) in [5, 5.41) is 5.39. The van der Waals surface area contributed by atoms with Gasteiger partial charge in [-0.05, 0) is 35.2 Å². The Hall–Kier alpha value is -1.50. The summed E-state index contributed by atoms with van der Waals surface area (Å²) in [7, 11) is 0. The largest absolute Gasteiger partial charge is 0.358 e. The number of rotatable bonds is 3. The highest BCUT2D eigenvalue weighted by atomic mass is 79.9. The van der Waals surface area contributed by atoms with Gasteiger partial charge in [0.25, 0.3) is 0 Å².